The van der Waals surface area contributed by atoms with E-state index in [1.807, 2.05) is 29.6 Å². The van der Waals surface area contributed by atoms with Gasteiger partial charge in [-0.2, -0.15) is 0 Å². The molecule has 0 saturated heterocycles. The van der Waals surface area contributed by atoms with Gasteiger partial charge in [0.05, 0.1) is 5.69 Å². The largest absolute Gasteiger partial charge is 0.371 e. The smallest absolute Gasteiger partial charge is 0.242 e. The molecule has 0 spiro atoms. The first kappa shape index (κ1) is 17.9. The molecule has 2 aromatic carbocycles. The molecule has 3 rings (SSSR count). The minimum Gasteiger partial charge on any atom is -0.371 e. The molecule has 0 aliphatic heterocycles. The van der Waals surface area contributed by atoms with Gasteiger partial charge in [0, 0.05) is 17.5 Å². The molecular weight excluding hydrogens is 358 g/mol. The molecule has 0 bridgehead atoms. The van der Waals surface area contributed by atoms with Crippen LogP contribution in [0.3, 0.4) is 0 Å². The zero-order valence-corrected chi connectivity index (χ0v) is 14.7. The fourth-order valence-corrected chi connectivity index (χ4v) is 2.80. The molecule has 8 heteroatoms. The second kappa shape index (κ2) is 8.01. The van der Waals surface area contributed by atoms with E-state index in [1.54, 1.807) is 6.92 Å². The third-order valence-corrected chi connectivity index (χ3v) is 4.27. The van der Waals surface area contributed by atoms with Crippen LogP contribution in [0.25, 0.3) is 11.3 Å². The molecule has 134 valence electrons. The molecule has 26 heavy (non-hydrogen) atoms. The van der Waals surface area contributed by atoms with Gasteiger partial charge in [-0.3, -0.25) is 4.79 Å². The van der Waals surface area contributed by atoms with Crippen LogP contribution in [0.2, 0.25) is 0 Å². The lowest BCUT2D eigenvalue weighted by Crippen LogP contribution is -2.37. The van der Waals surface area contributed by atoms with Crippen LogP contribution in [0, 0.1) is 11.6 Å². The third kappa shape index (κ3) is 4.40. The fourth-order valence-electron chi connectivity index (χ4n) is 2.33. The molecule has 0 unspecified atom stereocenters. The molecule has 2 N–H and O–H groups in total. The van der Waals surface area contributed by atoms with E-state index >= 15 is 0 Å². The molecule has 3 aromatic rings. The first-order valence-electron chi connectivity index (χ1n) is 7.88. The number of benzene rings is 2. The van der Waals surface area contributed by atoms with Gasteiger partial charge >= 0.3 is 0 Å². The van der Waals surface area contributed by atoms with Crippen LogP contribution in [-0.4, -0.2) is 21.5 Å². The lowest BCUT2D eigenvalue weighted by Gasteiger charge is -2.16. The Bertz CT molecular complexity index is 885. The van der Waals surface area contributed by atoms with Gasteiger partial charge in [0.25, 0.3) is 0 Å². The van der Waals surface area contributed by atoms with Gasteiger partial charge in [-0.15, -0.1) is 5.10 Å². The van der Waals surface area contributed by atoms with E-state index in [0.29, 0.717) is 6.54 Å². The second-order valence-electron chi connectivity index (χ2n) is 5.70. The van der Waals surface area contributed by atoms with Gasteiger partial charge in [-0.25, -0.2) is 8.78 Å². The normalized spacial score (nSPS) is 11.8. The van der Waals surface area contributed by atoms with Crippen LogP contribution in [0.5, 0.6) is 0 Å². The summed E-state index contributed by atoms with van der Waals surface area (Å²) in [5.41, 5.74) is 2.62. The van der Waals surface area contributed by atoms with Gasteiger partial charge in [0.2, 0.25) is 5.91 Å². The zero-order chi connectivity index (χ0) is 18.5. The predicted octanol–water partition coefficient (Wildman–Crippen LogP) is 3.60. The number of aromatic nitrogens is 2. The average Bonchev–Trinajstić information content (AvgIpc) is 3.18. The van der Waals surface area contributed by atoms with Crippen LogP contribution >= 0.6 is 11.5 Å². The molecule has 1 amide bonds. The maximum atomic E-state index is 13.6. The number of rotatable bonds is 6. The van der Waals surface area contributed by atoms with Crippen molar-refractivity contribution in [1.29, 1.82) is 0 Å². The highest BCUT2D eigenvalue weighted by molar-refractivity contribution is 7.03. The topological polar surface area (TPSA) is 66.9 Å². The molecule has 1 heterocycles. The number of carbonyl (C=O) groups is 1. The van der Waals surface area contributed by atoms with Crippen molar-refractivity contribution >= 4 is 23.1 Å². The van der Waals surface area contributed by atoms with Crippen molar-refractivity contribution in [2.45, 2.75) is 19.5 Å². The minimum absolute atomic E-state index is 0.0473. The summed E-state index contributed by atoms with van der Waals surface area (Å²) in [6.45, 7) is 1.91. The van der Waals surface area contributed by atoms with Crippen molar-refractivity contribution < 1.29 is 13.6 Å². The monoisotopic (exact) mass is 374 g/mol. The van der Waals surface area contributed by atoms with Crippen molar-refractivity contribution in [3.63, 3.8) is 0 Å². The van der Waals surface area contributed by atoms with E-state index in [9.17, 15) is 13.6 Å². The third-order valence-electron chi connectivity index (χ3n) is 3.77. The van der Waals surface area contributed by atoms with E-state index < -0.39 is 17.7 Å². The Balaban J connectivity index is 1.55. The van der Waals surface area contributed by atoms with E-state index in [0.717, 1.165) is 35.0 Å². The van der Waals surface area contributed by atoms with Gasteiger partial charge < -0.3 is 10.6 Å². The number of nitrogens with one attached hydrogen (secondary N) is 2. The summed E-state index contributed by atoms with van der Waals surface area (Å²) in [5, 5.41) is 11.3. The van der Waals surface area contributed by atoms with Crippen molar-refractivity contribution in [2.75, 3.05) is 5.32 Å². The molecule has 5 nitrogen and oxygen atoms in total. The predicted molar refractivity (Wildman–Crippen MR) is 96.6 cm³/mol. The van der Waals surface area contributed by atoms with E-state index in [2.05, 4.69) is 20.2 Å². The summed E-state index contributed by atoms with van der Waals surface area (Å²) in [5.74, 6) is -1.50. The highest BCUT2D eigenvalue weighted by atomic mass is 32.1. The number of halogens is 2. The van der Waals surface area contributed by atoms with Gasteiger partial charge in [0.1, 0.15) is 23.4 Å². The lowest BCUT2D eigenvalue weighted by molar-refractivity contribution is -0.121. The maximum Gasteiger partial charge on any atom is 0.242 e. The summed E-state index contributed by atoms with van der Waals surface area (Å²) in [6, 6.07) is 9.93. The highest BCUT2D eigenvalue weighted by Crippen LogP contribution is 2.18. The molecule has 0 aliphatic carbocycles. The Labute approximate surface area is 153 Å². The van der Waals surface area contributed by atoms with Crippen molar-refractivity contribution in [3.8, 4) is 11.3 Å². The summed E-state index contributed by atoms with van der Waals surface area (Å²) in [6.07, 6.45) is 0. The maximum absolute atomic E-state index is 13.6. The van der Waals surface area contributed by atoms with Crippen LogP contribution in [0.4, 0.5) is 14.5 Å². The van der Waals surface area contributed by atoms with E-state index in [-0.39, 0.29) is 11.6 Å². The molecule has 1 aromatic heterocycles. The Hall–Kier alpha value is -2.87. The zero-order valence-electron chi connectivity index (χ0n) is 13.9. The molecule has 1 atom stereocenters. The summed E-state index contributed by atoms with van der Waals surface area (Å²) in [7, 11) is 0. The van der Waals surface area contributed by atoms with Crippen LogP contribution < -0.4 is 10.6 Å². The van der Waals surface area contributed by atoms with Crippen molar-refractivity contribution in [1.82, 2.24) is 14.9 Å². The molecular formula is C18H16F2N4OS. The van der Waals surface area contributed by atoms with Gasteiger partial charge in [0.15, 0.2) is 0 Å². The first-order chi connectivity index (χ1) is 12.5. The minimum atomic E-state index is -0.716. The SMILES string of the molecule is C[C@@H](Nc1cc(F)ccc1F)C(=O)NCc1ccc(-c2csnn2)cc1. The van der Waals surface area contributed by atoms with E-state index in [1.165, 1.54) is 11.5 Å². The Morgan fingerprint density at radius 2 is 1.96 bits per heavy atom. The molecule has 0 radical (unpaired) electrons. The quantitative estimate of drug-likeness (QED) is 0.692. The van der Waals surface area contributed by atoms with Crippen LogP contribution in [-0.2, 0) is 11.3 Å². The number of hydrogen-bond acceptors (Lipinski definition) is 5. The summed E-state index contributed by atoms with van der Waals surface area (Å²) in [4.78, 5) is 12.2. The van der Waals surface area contributed by atoms with Crippen LogP contribution in [0.1, 0.15) is 12.5 Å². The Morgan fingerprint density at radius 1 is 1.19 bits per heavy atom. The Kier molecular flexibility index (Phi) is 5.52. The molecule has 0 saturated carbocycles. The van der Waals surface area contributed by atoms with Gasteiger partial charge in [-0.05, 0) is 42.2 Å². The van der Waals surface area contributed by atoms with Crippen LogP contribution in [0.15, 0.2) is 47.8 Å². The van der Waals surface area contributed by atoms with Crippen molar-refractivity contribution in [2.24, 2.45) is 0 Å². The molecule has 0 fully saturated rings. The average molecular weight is 374 g/mol. The summed E-state index contributed by atoms with van der Waals surface area (Å²) < 4.78 is 30.6. The first-order valence-corrected chi connectivity index (χ1v) is 8.72. The lowest BCUT2D eigenvalue weighted by atomic mass is 10.1. The fraction of sp³-hybridized carbons (Fsp3) is 0.167. The number of anilines is 1. The van der Waals surface area contributed by atoms with Crippen molar-refractivity contribution in [3.05, 3.63) is 65.0 Å². The number of nitrogens with zero attached hydrogens (tertiary/aromatic N) is 2. The number of amides is 1. The number of carbonyl (C=O) groups excluding carboxylic acids is 1. The Morgan fingerprint density at radius 3 is 2.65 bits per heavy atom. The second-order valence-corrected chi connectivity index (χ2v) is 6.30. The van der Waals surface area contributed by atoms with Gasteiger partial charge in [-0.1, -0.05) is 28.8 Å². The highest BCUT2D eigenvalue weighted by Gasteiger charge is 2.14. The number of hydrogen-bond donors (Lipinski definition) is 2. The van der Waals surface area contributed by atoms with E-state index in [4.69, 9.17) is 0 Å². The molecule has 0 aliphatic rings. The summed E-state index contributed by atoms with van der Waals surface area (Å²) >= 11 is 1.28. The standard InChI is InChI=1S/C18H16F2N4OS/c1-11(22-16-8-14(19)6-7-15(16)20)18(25)21-9-12-2-4-13(5-3-12)17-10-26-24-23-17/h2-8,10-11,22H,9H2,1H3,(H,21,25)/t11-/m1/s1.